The van der Waals surface area contributed by atoms with Gasteiger partial charge in [-0.1, -0.05) is 18.2 Å². The van der Waals surface area contributed by atoms with Gasteiger partial charge in [-0.15, -0.1) is 10.2 Å². The molecule has 1 N–H and O–H groups in total. The zero-order valence-electron chi connectivity index (χ0n) is 16.6. The third-order valence-corrected chi connectivity index (χ3v) is 5.01. The Labute approximate surface area is 172 Å². The van der Waals surface area contributed by atoms with E-state index >= 15 is 0 Å². The van der Waals surface area contributed by atoms with Crippen molar-refractivity contribution in [1.29, 1.82) is 0 Å². The number of aryl methyl sites for hydroxylation is 2. The van der Waals surface area contributed by atoms with Gasteiger partial charge in [-0.05, 0) is 54.5 Å². The van der Waals surface area contributed by atoms with Gasteiger partial charge in [-0.2, -0.15) is 4.80 Å². The number of carbonyl (C=O) groups is 3. The first kappa shape index (κ1) is 19.4. The topological polar surface area (TPSA) is 110 Å². The second-order valence-electron chi connectivity index (χ2n) is 7.14. The normalized spacial score (nSPS) is 12.9. The first-order valence-corrected chi connectivity index (χ1v) is 9.51. The van der Waals surface area contributed by atoms with Crippen LogP contribution in [0.4, 0.5) is 5.69 Å². The Bertz CT molecular complexity index is 1120. The van der Waals surface area contributed by atoms with Crippen molar-refractivity contribution in [2.75, 3.05) is 11.9 Å². The number of fused-ring (bicyclic) bond motifs is 1. The number of nitrogens with zero attached hydrogens (tertiary/aromatic N) is 5. The molecule has 1 aliphatic heterocycles. The van der Waals surface area contributed by atoms with E-state index in [0.717, 1.165) is 11.1 Å². The highest BCUT2D eigenvalue weighted by molar-refractivity contribution is 6.21. The highest BCUT2D eigenvalue weighted by atomic mass is 16.2. The lowest BCUT2D eigenvalue weighted by Crippen LogP contribution is -2.32. The van der Waals surface area contributed by atoms with Crippen molar-refractivity contribution in [3.8, 4) is 0 Å². The maximum atomic E-state index is 12.4. The van der Waals surface area contributed by atoms with E-state index in [1.807, 2.05) is 32.0 Å². The second-order valence-corrected chi connectivity index (χ2v) is 7.14. The highest BCUT2D eigenvalue weighted by Crippen LogP contribution is 2.22. The highest BCUT2D eigenvalue weighted by Gasteiger charge is 2.34. The summed E-state index contributed by atoms with van der Waals surface area (Å²) in [6.07, 6.45) is 0.254. The molecule has 0 spiro atoms. The number of hydrogen-bond donors (Lipinski definition) is 1. The van der Waals surface area contributed by atoms with Gasteiger partial charge >= 0.3 is 0 Å². The van der Waals surface area contributed by atoms with Gasteiger partial charge in [0.15, 0.2) is 5.82 Å². The Hall–Kier alpha value is -3.88. The maximum absolute atomic E-state index is 12.4. The molecule has 0 saturated heterocycles. The molecular formula is C21H20N6O3. The first-order valence-electron chi connectivity index (χ1n) is 9.51. The van der Waals surface area contributed by atoms with E-state index in [1.165, 1.54) is 9.70 Å². The standard InChI is InChI=1S/C21H20N6O3/c1-13-7-8-15(11-14(13)2)22-19(28)12-27-24-18(23-25-27)9-10-26-20(29)16-5-3-4-6-17(16)21(26)30/h3-8,11H,9-10,12H2,1-2H3,(H,22,28). The molecule has 1 aliphatic rings. The van der Waals surface area contributed by atoms with Gasteiger partial charge in [0.05, 0.1) is 11.1 Å². The van der Waals surface area contributed by atoms with Crippen LogP contribution in [-0.4, -0.2) is 49.4 Å². The average Bonchev–Trinajstić information content (AvgIpc) is 3.26. The molecule has 0 saturated carbocycles. The summed E-state index contributed by atoms with van der Waals surface area (Å²) < 4.78 is 0. The minimum atomic E-state index is -0.323. The van der Waals surface area contributed by atoms with Crippen LogP contribution in [-0.2, 0) is 17.8 Å². The maximum Gasteiger partial charge on any atom is 0.261 e. The van der Waals surface area contributed by atoms with Gasteiger partial charge in [0.1, 0.15) is 6.54 Å². The van der Waals surface area contributed by atoms with Crippen molar-refractivity contribution < 1.29 is 14.4 Å². The van der Waals surface area contributed by atoms with Crippen LogP contribution >= 0.6 is 0 Å². The largest absolute Gasteiger partial charge is 0.324 e. The van der Waals surface area contributed by atoms with Crippen molar-refractivity contribution in [3.05, 3.63) is 70.5 Å². The molecule has 0 unspecified atom stereocenters. The van der Waals surface area contributed by atoms with Gasteiger partial charge < -0.3 is 5.32 Å². The Morgan fingerprint density at radius 3 is 2.37 bits per heavy atom. The summed E-state index contributed by atoms with van der Waals surface area (Å²) in [6.45, 7) is 4.04. The van der Waals surface area contributed by atoms with Crippen LogP contribution in [0.5, 0.6) is 0 Å². The smallest absolute Gasteiger partial charge is 0.261 e. The Balaban J connectivity index is 1.33. The summed E-state index contributed by atoms with van der Waals surface area (Å²) in [4.78, 5) is 39.4. The number of rotatable bonds is 6. The van der Waals surface area contributed by atoms with Gasteiger partial charge in [-0.3, -0.25) is 19.3 Å². The summed E-state index contributed by atoms with van der Waals surface area (Å²) in [5, 5.41) is 14.8. The number of carbonyl (C=O) groups excluding carboxylic acids is 3. The average molecular weight is 404 g/mol. The predicted octanol–water partition coefficient (Wildman–Crippen LogP) is 1.77. The fraction of sp³-hybridized carbons (Fsp3) is 0.238. The van der Waals surface area contributed by atoms with Crippen LogP contribution in [0.1, 0.15) is 37.7 Å². The van der Waals surface area contributed by atoms with Crippen LogP contribution in [0.3, 0.4) is 0 Å². The molecule has 2 heterocycles. The van der Waals surface area contributed by atoms with Crippen LogP contribution in [0.2, 0.25) is 0 Å². The lowest BCUT2D eigenvalue weighted by Gasteiger charge is -2.11. The predicted molar refractivity (Wildman–Crippen MR) is 108 cm³/mol. The molecule has 3 aromatic rings. The summed E-state index contributed by atoms with van der Waals surface area (Å²) in [7, 11) is 0. The number of hydrogen-bond acceptors (Lipinski definition) is 6. The third-order valence-electron chi connectivity index (χ3n) is 5.01. The SMILES string of the molecule is Cc1ccc(NC(=O)Cn2nnc(CCN3C(=O)c4ccccc4C3=O)n2)cc1C. The first-order chi connectivity index (χ1) is 14.4. The quantitative estimate of drug-likeness (QED) is 0.627. The molecule has 1 aromatic heterocycles. The number of imide groups is 1. The van der Waals surface area contributed by atoms with Crippen LogP contribution in [0.25, 0.3) is 0 Å². The summed E-state index contributed by atoms with van der Waals surface area (Å²) in [5.74, 6) is -0.570. The fourth-order valence-corrected chi connectivity index (χ4v) is 3.25. The number of tetrazole rings is 1. The number of nitrogens with one attached hydrogen (secondary N) is 1. The molecule has 0 atom stereocenters. The van der Waals surface area contributed by atoms with Gasteiger partial charge in [0, 0.05) is 18.7 Å². The number of benzene rings is 2. The monoisotopic (exact) mass is 404 g/mol. The van der Waals surface area contributed by atoms with Crippen LogP contribution in [0.15, 0.2) is 42.5 Å². The zero-order valence-corrected chi connectivity index (χ0v) is 16.6. The minimum Gasteiger partial charge on any atom is -0.324 e. The lowest BCUT2D eigenvalue weighted by atomic mass is 10.1. The molecule has 4 rings (SSSR count). The summed E-state index contributed by atoms with van der Waals surface area (Å²) in [6, 6.07) is 12.4. The summed E-state index contributed by atoms with van der Waals surface area (Å²) >= 11 is 0. The minimum absolute atomic E-state index is 0.0903. The molecule has 30 heavy (non-hydrogen) atoms. The molecular weight excluding hydrogens is 384 g/mol. The molecule has 9 heteroatoms. The number of amides is 3. The molecule has 0 aliphatic carbocycles. The summed E-state index contributed by atoms with van der Waals surface area (Å²) in [5.41, 5.74) is 3.74. The van der Waals surface area contributed by atoms with Crippen LogP contribution in [0, 0.1) is 13.8 Å². The van der Waals surface area contributed by atoms with Crippen molar-refractivity contribution in [2.45, 2.75) is 26.8 Å². The van der Waals surface area contributed by atoms with Gasteiger partial charge in [0.25, 0.3) is 11.8 Å². The van der Waals surface area contributed by atoms with Crippen molar-refractivity contribution in [3.63, 3.8) is 0 Å². The molecule has 152 valence electrons. The van der Waals surface area contributed by atoms with E-state index in [4.69, 9.17) is 0 Å². The molecule has 0 radical (unpaired) electrons. The van der Waals surface area contributed by atoms with Crippen molar-refractivity contribution in [1.82, 2.24) is 25.1 Å². The van der Waals surface area contributed by atoms with Crippen molar-refractivity contribution >= 4 is 23.4 Å². The lowest BCUT2D eigenvalue weighted by molar-refractivity contribution is -0.117. The molecule has 9 nitrogen and oxygen atoms in total. The molecule has 3 amide bonds. The third kappa shape index (κ3) is 3.82. The second kappa shape index (κ2) is 7.86. The van der Waals surface area contributed by atoms with E-state index in [9.17, 15) is 14.4 Å². The molecule has 2 aromatic carbocycles. The van der Waals surface area contributed by atoms with E-state index in [1.54, 1.807) is 24.3 Å². The van der Waals surface area contributed by atoms with E-state index < -0.39 is 0 Å². The molecule has 0 fully saturated rings. The van der Waals surface area contributed by atoms with Gasteiger partial charge in [-0.25, -0.2) is 0 Å². The Morgan fingerprint density at radius 2 is 1.70 bits per heavy atom. The van der Waals surface area contributed by atoms with E-state index in [0.29, 0.717) is 22.6 Å². The van der Waals surface area contributed by atoms with E-state index in [-0.39, 0.29) is 37.2 Å². The molecule has 0 bridgehead atoms. The number of anilines is 1. The zero-order chi connectivity index (χ0) is 21.3. The van der Waals surface area contributed by atoms with Crippen molar-refractivity contribution in [2.24, 2.45) is 0 Å². The Kier molecular flexibility index (Phi) is 5.09. The number of aromatic nitrogens is 4. The fourth-order valence-electron chi connectivity index (χ4n) is 3.25. The van der Waals surface area contributed by atoms with Crippen LogP contribution < -0.4 is 5.32 Å². The van der Waals surface area contributed by atoms with E-state index in [2.05, 4.69) is 20.7 Å². The van der Waals surface area contributed by atoms with Gasteiger partial charge in [0.2, 0.25) is 5.91 Å². The Morgan fingerprint density at radius 1 is 1.00 bits per heavy atom.